The van der Waals surface area contributed by atoms with Crippen molar-refractivity contribution >= 4 is 23.3 Å². The Morgan fingerprint density at radius 3 is 2.56 bits per heavy atom. The van der Waals surface area contributed by atoms with Crippen LogP contribution >= 0.6 is 11.3 Å². The number of carboxylic acids is 1. The number of aromatic nitrogens is 1. The minimum absolute atomic E-state index is 0.0795. The van der Waals surface area contributed by atoms with E-state index in [9.17, 15) is 14.7 Å². The molecule has 0 fully saturated rings. The van der Waals surface area contributed by atoms with Gasteiger partial charge in [0.1, 0.15) is 0 Å². The first-order valence-corrected chi connectivity index (χ1v) is 6.65. The molecule has 1 unspecified atom stereocenters. The van der Waals surface area contributed by atoms with E-state index < -0.39 is 17.4 Å². The van der Waals surface area contributed by atoms with Gasteiger partial charge in [-0.3, -0.25) is 9.59 Å². The minimum atomic E-state index is -1.53. The van der Waals surface area contributed by atoms with Crippen LogP contribution in [-0.2, 0) is 20.7 Å². The molecule has 1 atom stereocenters. The lowest BCUT2D eigenvalue weighted by Crippen LogP contribution is -2.42. The van der Waals surface area contributed by atoms with Crippen molar-refractivity contribution < 1.29 is 19.4 Å². The van der Waals surface area contributed by atoms with E-state index in [0.717, 1.165) is 5.69 Å². The topological polar surface area (TPSA) is 76.5 Å². The fourth-order valence-electron chi connectivity index (χ4n) is 1.67. The summed E-state index contributed by atoms with van der Waals surface area (Å²) in [5.74, 6) is -1.84. The number of aliphatic carboxylic acids is 1. The van der Waals surface area contributed by atoms with Crippen LogP contribution in [0.4, 0.5) is 0 Å². The molecule has 0 aliphatic heterocycles. The first-order valence-electron chi connectivity index (χ1n) is 5.78. The Morgan fingerprint density at radius 2 is 2.17 bits per heavy atom. The summed E-state index contributed by atoms with van der Waals surface area (Å²) in [7, 11) is 0. The summed E-state index contributed by atoms with van der Waals surface area (Å²) in [6.07, 6.45) is 0.260. The van der Waals surface area contributed by atoms with Crippen LogP contribution in [0.25, 0.3) is 0 Å². The molecule has 0 radical (unpaired) electrons. The summed E-state index contributed by atoms with van der Waals surface area (Å²) in [4.78, 5) is 27.6. The number of thiazole rings is 1. The van der Waals surface area contributed by atoms with E-state index in [2.05, 4.69) is 4.98 Å². The molecule has 5 nitrogen and oxygen atoms in total. The van der Waals surface area contributed by atoms with E-state index in [-0.39, 0.29) is 19.4 Å². The van der Waals surface area contributed by atoms with E-state index >= 15 is 0 Å². The number of hydrogen-bond acceptors (Lipinski definition) is 5. The lowest BCUT2D eigenvalue weighted by molar-refractivity contribution is -0.168. The van der Waals surface area contributed by atoms with Gasteiger partial charge >= 0.3 is 11.9 Å². The average molecular weight is 271 g/mol. The Balaban J connectivity index is 3.04. The zero-order valence-electron chi connectivity index (χ0n) is 10.7. The molecule has 1 heterocycles. The minimum Gasteiger partial charge on any atom is -0.480 e. The number of carbonyl (C=O) groups is 2. The predicted octanol–water partition coefficient (Wildman–Crippen LogP) is 2.04. The van der Waals surface area contributed by atoms with Crippen molar-refractivity contribution in [3.63, 3.8) is 0 Å². The highest BCUT2D eigenvalue weighted by Crippen LogP contribution is 2.30. The molecule has 100 valence electrons. The summed E-state index contributed by atoms with van der Waals surface area (Å²) < 4.78 is 4.90. The maximum atomic E-state index is 11.9. The van der Waals surface area contributed by atoms with Crippen LogP contribution in [0.1, 0.15) is 31.0 Å². The Bertz CT molecular complexity index is 443. The summed E-state index contributed by atoms with van der Waals surface area (Å²) in [5, 5.41) is 11.8. The van der Waals surface area contributed by atoms with Crippen LogP contribution in [0.2, 0.25) is 0 Å². The third-order valence-corrected chi connectivity index (χ3v) is 3.77. The number of carboxylic acid groups (broad SMARTS) is 1. The Kier molecular flexibility index (Phi) is 4.84. The number of aryl methyl sites for hydroxylation is 1. The number of nitrogens with zero attached hydrogens (tertiary/aromatic N) is 1. The Labute approximate surface area is 110 Å². The van der Waals surface area contributed by atoms with Crippen LogP contribution in [0.15, 0.2) is 5.38 Å². The molecule has 1 N–H and O–H groups in total. The van der Waals surface area contributed by atoms with Gasteiger partial charge in [-0.15, -0.1) is 11.3 Å². The first kappa shape index (κ1) is 14.6. The van der Waals surface area contributed by atoms with Crippen LogP contribution in [0.3, 0.4) is 0 Å². The molecule has 0 bridgehead atoms. The molecule has 6 heteroatoms. The van der Waals surface area contributed by atoms with Crippen molar-refractivity contribution in [2.24, 2.45) is 5.41 Å². The second-order valence-corrected chi connectivity index (χ2v) is 4.96. The van der Waals surface area contributed by atoms with Gasteiger partial charge in [0, 0.05) is 17.5 Å². The van der Waals surface area contributed by atoms with Crippen LogP contribution < -0.4 is 0 Å². The average Bonchev–Trinajstić information content (AvgIpc) is 2.71. The molecule has 0 aliphatic rings. The molecule has 0 amide bonds. The van der Waals surface area contributed by atoms with E-state index in [1.807, 2.05) is 12.3 Å². The van der Waals surface area contributed by atoms with Crippen molar-refractivity contribution in [2.75, 3.05) is 6.61 Å². The largest absolute Gasteiger partial charge is 0.480 e. The Hall–Kier alpha value is -1.43. The third-order valence-electron chi connectivity index (χ3n) is 2.80. The fourth-order valence-corrected chi connectivity index (χ4v) is 2.55. The first-order chi connectivity index (χ1) is 8.46. The number of hydrogen-bond donors (Lipinski definition) is 1. The smallest absolute Gasteiger partial charge is 0.323 e. The number of rotatable bonds is 6. The molecule has 0 saturated heterocycles. The molecule has 0 spiro atoms. The number of ether oxygens (including phenoxy) is 1. The molecule has 18 heavy (non-hydrogen) atoms. The number of carbonyl (C=O) groups excluding carboxylic acids is 1. The van der Waals surface area contributed by atoms with Crippen molar-refractivity contribution in [3.05, 3.63) is 16.1 Å². The molecular formula is C12H17NO4S. The molecule has 1 aromatic rings. The second kappa shape index (κ2) is 5.95. The van der Waals surface area contributed by atoms with Gasteiger partial charge in [0.25, 0.3) is 0 Å². The summed E-state index contributed by atoms with van der Waals surface area (Å²) in [6, 6.07) is 0. The molecular weight excluding hydrogens is 254 g/mol. The lowest BCUT2D eigenvalue weighted by Gasteiger charge is -2.24. The summed E-state index contributed by atoms with van der Waals surface area (Å²) >= 11 is 1.36. The normalized spacial score (nSPS) is 13.9. The maximum Gasteiger partial charge on any atom is 0.323 e. The van der Waals surface area contributed by atoms with Gasteiger partial charge < -0.3 is 9.84 Å². The maximum absolute atomic E-state index is 11.9. The summed E-state index contributed by atoms with van der Waals surface area (Å²) in [5.41, 5.74) is -0.699. The molecule has 1 rings (SSSR count). The molecule has 0 aliphatic carbocycles. The van der Waals surface area contributed by atoms with Gasteiger partial charge in [0.2, 0.25) is 0 Å². The third kappa shape index (κ3) is 2.87. The van der Waals surface area contributed by atoms with Crippen molar-refractivity contribution in [2.45, 2.75) is 33.6 Å². The monoisotopic (exact) mass is 271 g/mol. The summed E-state index contributed by atoms with van der Waals surface area (Å²) in [6.45, 7) is 5.34. The zero-order valence-corrected chi connectivity index (χ0v) is 11.5. The number of esters is 1. The highest BCUT2D eigenvalue weighted by Gasteiger charge is 2.46. The van der Waals surface area contributed by atoms with Gasteiger partial charge in [0.05, 0.1) is 11.6 Å². The Morgan fingerprint density at radius 1 is 1.50 bits per heavy atom. The highest BCUT2D eigenvalue weighted by molar-refractivity contribution is 7.09. The standard InChI is InChI=1S/C12H17NO4S/c1-4-12(10(14)15,11(16)17-5-2)6-9-13-8(3)7-18-9/h7H,4-6H2,1-3H3,(H,14,15). The van der Waals surface area contributed by atoms with E-state index in [4.69, 9.17) is 4.74 Å². The van der Waals surface area contributed by atoms with E-state index in [1.165, 1.54) is 11.3 Å². The van der Waals surface area contributed by atoms with Crippen LogP contribution in [-0.4, -0.2) is 28.6 Å². The van der Waals surface area contributed by atoms with Crippen LogP contribution in [0, 0.1) is 12.3 Å². The zero-order chi connectivity index (χ0) is 13.8. The highest BCUT2D eigenvalue weighted by atomic mass is 32.1. The van der Waals surface area contributed by atoms with Gasteiger partial charge in [-0.05, 0) is 20.3 Å². The van der Waals surface area contributed by atoms with E-state index in [1.54, 1.807) is 13.8 Å². The molecule has 0 saturated carbocycles. The van der Waals surface area contributed by atoms with E-state index in [0.29, 0.717) is 5.01 Å². The lowest BCUT2D eigenvalue weighted by atomic mass is 9.82. The molecule has 0 aromatic carbocycles. The van der Waals surface area contributed by atoms with Gasteiger partial charge in [-0.25, -0.2) is 4.98 Å². The predicted molar refractivity (Wildman–Crippen MR) is 67.5 cm³/mol. The SMILES string of the molecule is CCOC(=O)C(CC)(Cc1nc(C)cs1)C(=O)O. The van der Waals surface area contributed by atoms with Crippen molar-refractivity contribution in [3.8, 4) is 0 Å². The molecule has 1 aromatic heterocycles. The van der Waals surface area contributed by atoms with Gasteiger partial charge in [0.15, 0.2) is 5.41 Å². The van der Waals surface area contributed by atoms with Crippen molar-refractivity contribution in [1.29, 1.82) is 0 Å². The second-order valence-electron chi connectivity index (χ2n) is 4.02. The van der Waals surface area contributed by atoms with Gasteiger partial charge in [-0.2, -0.15) is 0 Å². The quantitative estimate of drug-likeness (QED) is 0.633. The van der Waals surface area contributed by atoms with Crippen LogP contribution in [0.5, 0.6) is 0 Å². The fraction of sp³-hybridized carbons (Fsp3) is 0.583. The van der Waals surface area contributed by atoms with Gasteiger partial charge in [-0.1, -0.05) is 6.92 Å². The van der Waals surface area contributed by atoms with Crippen molar-refractivity contribution in [1.82, 2.24) is 4.98 Å².